The molecule has 0 rings (SSSR count). The predicted octanol–water partition coefficient (Wildman–Crippen LogP) is 0.795. The third-order valence-electron chi connectivity index (χ3n) is 2.69. The third-order valence-corrected chi connectivity index (χ3v) is 9.48. The molecule has 0 aromatic heterocycles. The molecule has 0 amide bonds. The summed E-state index contributed by atoms with van der Waals surface area (Å²) in [5.41, 5.74) is 0. The van der Waals surface area contributed by atoms with Crippen LogP contribution in [-0.4, -0.2) is 56.3 Å². The molecule has 2 N–H and O–H groups in total. The van der Waals surface area contributed by atoms with Crippen molar-refractivity contribution < 1.29 is 35.8 Å². The van der Waals surface area contributed by atoms with Gasteiger partial charge in [0.25, 0.3) is 24.8 Å². The summed E-state index contributed by atoms with van der Waals surface area (Å²) in [4.78, 5) is 14.8. The van der Waals surface area contributed by atoms with E-state index in [4.69, 9.17) is 9.11 Å². The van der Waals surface area contributed by atoms with Crippen LogP contribution in [0.2, 0.25) is 14.3 Å². The zero-order valence-corrected chi connectivity index (χ0v) is 18.3. The van der Waals surface area contributed by atoms with Gasteiger partial charge in [-0.15, -0.1) is 0 Å². The van der Waals surface area contributed by atoms with E-state index in [0.29, 0.717) is 0 Å². The summed E-state index contributed by atoms with van der Waals surface area (Å²) in [6.45, 7) is 4.64. The van der Waals surface area contributed by atoms with E-state index in [0.717, 1.165) is 5.92 Å². The standard InChI is InChI=1S/C8H17.C2H4O8S2.2CH3.Sn/c1-4-5-6-7-8(2)3;3-1(4)2(11(5,6)7)12(8,9)10;;;/h8H,1,4-7H2,2-3H3;2H,(H,3,4)(H,5,6,7)(H,8,9,10);2*1H3;/q;;;;+1/p-1. The van der Waals surface area contributed by atoms with Gasteiger partial charge in [-0.25, -0.2) is 0 Å². The van der Waals surface area contributed by atoms with E-state index < -0.39 is 50.5 Å². The fourth-order valence-corrected chi connectivity index (χ4v) is 6.05. The van der Waals surface area contributed by atoms with Gasteiger partial charge >= 0.3 is 79.5 Å². The van der Waals surface area contributed by atoms with E-state index in [-0.39, 0.29) is 0 Å². The van der Waals surface area contributed by atoms with Gasteiger partial charge in [-0.2, -0.15) is 16.8 Å². The molecule has 23 heavy (non-hydrogen) atoms. The van der Waals surface area contributed by atoms with Crippen LogP contribution < -0.4 is 5.11 Å². The molecular formula is C12H26O8S2Sn. The van der Waals surface area contributed by atoms with Crippen molar-refractivity contribution in [1.29, 1.82) is 0 Å². The Kier molecular flexibility index (Phi) is 12.8. The number of hydrogen-bond donors (Lipinski definition) is 2. The second-order valence-corrected chi connectivity index (χ2v) is 17.5. The van der Waals surface area contributed by atoms with E-state index in [2.05, 4.69) is 23.7 Å². The minimum atomic E-state index is -5.42. The van der Waals surface area contributed by atoms with Gasteiger partial charge in [-0.3, -0.25) is 9.11 Å². The van der Waals surface area contributed by atoms with Crippen molar-refractivity contribution >= 4 is 46.0 Å². The van der Waals surface area contributed by atoms with Crippen molar-refractivity contribution in [2.24, 2.45) is 5.92 Å². The Morgan fingerprint density at radius 1 is 1.00 bits per heavy atom. The molecule has 0 heterocycles. The largest absolute Gasteiger partial charge is 0.547 e. The van der Waals surface area contributed by atoms with Crippen LogP contribution in [-0.2, 0) is 25.0 Å². The molecular weight excluding hydrogens is 455 g/mol. The first-order valence-corrected chi connectivity index (χ1v) is 17.8. The van der Waals surface area contributed by atoms with Crippen molar-refractivity contribution in [2.45, 2.75) is 58.4 Å². The normalized spacial score (nSPS) is 12.0. The van der Waals surface area contributed by atoms with Crippen LogP contribution in [0.5, 0.6) is 0 Å². The minimum Gasteiger partial charge on any atom is -0.547 e. The molecule has 11 heteroatoms. The van der Waals surface area contributed by atoms with Gasteiger partial charge in [0.15, 0.2) is 0 Å². The summed E-state index contributed by atoms with van der Waals surface area (Å²) >= 11 is -0.710. The molecule has 0 aromatic carbocycles. The summed E-state index contributed by atoms with van der Waals surface area (Å²) in [5, 5.41) is 9.80. The average molecular weight is 481 g/mol. The van der Waals surface area contributed by atoms with E-state index in [9.17, 15) is 26.7 Å². The van der Waals surface area contributed by atoms with Crippen molar-refractivity contribution in [3.05, 3.63) is 0 Å². The Labute approximate surface area is 145 Å². The Hall–Kier alpha value is 0.0887. The molecule has 0 saturated carbocycles. The Morgan fingerprint density at radius 2 is 1.43 bits per heavy atom. The van der Waals surface area contributed by atoms with Crippen LogP contribution >= 0.6 is 0 Å². The average Bonchev–Trinajstić information content (AvgIpc) is 2.22. The van der Waals surface area contributed by atoms with Crippen LogP contribution in [0, 0.1) is 5.92 Å². The minimum absolute atomic E-state index is 0.710. The molecule has 8 nitrogen and oxygen atoms in total. The van der Waals surface area contributed by atoms with Crippen LogP contribution in [0.1, 0.15) is 39.5 Å². The molecule has 0 bridgehead atoms. The number of unbranched alkanes of at least 4 members (excludes halogenated alkanes) is 2. The first kappa shape index (κ1) is 25.3. The zero-order chi connectivity index (χ0) is 18.8. The summed E-state index contributed by atoms with van der Waals surface area (Å²) in [6.07, 6.45) is 5.92. The number of carbonyl (C=O) groups excluding carboxylic acids is 1. The van der Waals surface area contributed by atoms with Crippen LogP contribution in [0.15, 0.2) is 0 Å². The SMILES string of the molecule is CC(C)CCCC[CH2][Sn+]([CH3])[CH3].O=C([O-])C(S(=O)(=O)O)S(=O)(=O)O. The maximum absolute atomic E-state index is 10.0. The van der Waals surface area contributed by atoms with Gasteiger partial charge in [0.1, 0.15) is 0 Å². The molecule has 138 valence electrons. The maximum Gasteiger partial charge on any atom is 0.290 e. The number of carboxylic acid groups (broad SMARTS) is 1. The summed E-state index contributed by atoms with van der Waals surface area (Å²) in [7, 11) is -10.8. The van der Waals surface area contributed by atoms with Crippen LogP contribution in [0.4, 0.5) is 0 Å². The number of carbonyl (C=O) groups is 1. The Bertz CT molecular complexity index is 497. The summed E-state index contributed by atoms with van der Waals surface area (Å²) < 4.78 is 54.3. The third kappa shape index (κ3) is 15.4. The van der Waals surface area contributed by atoms with E-state index >= 15 is 0 Å². The Balaban J connectivity index is 0. The first-order valence-electron chi connectivity index (χ1n) is 7.12. The molecule has 0 atom stereocenters. The van der Waals surface area contributed by atoms with Crippen LogP contribution in [0.3, 0.4) is 0 Å². The fourth-order valence-electron chi connectivity index (χ4n) is 1.60. The van der Waals surface area contributed by atoms with Crippen LogP contribution in [0.25, 0.3) is 0 Å². The van der Waals surface area contributed by atoms with Crippen molar-refractivity contribution in [3.63, 3.8) is 0 Å². The molecule has 0 fully saturated rings. The number of carboxylic acids is 1. The predicted molar refractivity (Wildman–Crippen MR) is 87.5 cm³/mol. The van der Waals surface area contributed by atoms with E-state index in [1.54, 1.807) is 4.44 Å². The molecule has 0 spiro atoms. The van der Waals surface area contributed by atoms with E-state index in [1.807, 2.05) is 0 Å². The topological polar surface area (TPSA) is 149 Å². The van der Waals surface area contributed by atoms with Crippen molar-refractivity contribution in [1.82, 2.24) is 0 Å². The second-order valence-electron chi connectivity index (χ2n) is 5.88. The van der Waals surface area contributed by atoms with Gasteiger partial charge in [0.05, 0.1) is 5.97 Å². The number of rotatable bonds is 9. The maximum atomic E-state index is 10.0. The zero-order valence-electron chi connectivity index (χ0n) is 13.9. The van der Waals surface area contributed by atoms with Gasteiger partial charge in [-0.1, -0.05) is 0 Å². The molecule has 0 aliphatic carbocycles. The smallest absolute Gasteiger partial charge is 0.290 e. The Morgan fingerprint density at radius 3 is 1.65 bits per heavy atom. The molecule has 0 unspecified atom stereocenters. The summed E-state index contributed by atoms with van der Waals surface area (Å²) in [6, 6.07) is 0. The number of hydrogen-bond acceptors (Lipinski definition) is 6. The molecule has 0 radical (unpaired) electrons. The van der Waals surface area contributed by atoms with Crippen molar-refractivity contribution in [3.8, 4) is 0 Å². The quantitative estimate of drug-likeness (QED) is 0.279. The first-order chi connectivity index (χ1) is 10.2. The molecule has 0 aliphatic rings. The van der Waals surface area contributed by atoms with Crippen molar-refractivity contribution in [2.75, 3.05) is 0 Å². The van der Waals surface area contributed by atoms with E-state index in [1.165, 1.54) is 25.7 Å². The van der Waals surface area contributed by atoms with Gasteiger partial charge in [0.2, 0.25) is 0 Å². The van der Waals surface area contributed by atoms with Gasteiger partial charge < -0.3 is 9.90 Å². The molecule has 0 aromatic rings. The summed E-state index contributed by atoms with van der Waals surface area (Å²) in [5.74, 6) is -1.71. The van der Waals surface area contributed by atoms with Gasteiger partial charge in [0, 0.05) is 0 Å². The molecule has 0 saturated heterocycles. The fraction of sp³-hybridized carbons (Fsp3) is 0.917. The van der Waals surface area contributed by atoms with Gasteiger partial charge in [-0.05, 0) is 0 Å². The number of aliphatic carboxylic acids is 1. The molecule has 0 aliphatic heterocycles. The monoisotopic (exact) mass is 482 g/mol. The second kappa shape index (κ2) is 11.6.